The van der Waals surface area contributed by atoms with Gasteiger partial charge in [-0.2, -0.15) is 0 Å². The van der Waals surface area contributed by atoms with Crippen LogP contribution in [0.4, 0.5) is 0 Å². The van der Waals surface area contributed by atoms with E-state index in [2.05, 4.69) is 5.32 Å². The topological polar surface area (TPSA) is 58.6 Å². The Morgan fingerprint density at radius 1 is 1.47 bits per heavy atom. The Bertz CT molecular complexity index is 418. The second kappa shape index (κ2) is 7.79. The van der Waals surface area contributed by atoms with Gasteiger partial charge >= 0.3 is 0 Å². The molecule has 4 nitrogen and oxygen atoms in total. The summed E-state index contributed by atoms with van der Waals surface area (Å²) in [6.07, 6.45) is 1.46. The summed E-state index contributed by atoms with van der Waals surface area (Å²) in [6, 6.07) is 5.51. The van der Waals surface area contributed by atoms with Gasteiger partial charge < -0.3 is 15.2 Å². The second-order valence-electron chi connectivity index (χ2n) is 4.65. The van der Waals surface area contributed by atoms with Crippen molar-refractivity contribution in [2.75, 3.05) is 13.2 Å². The van der Waals surface area contributed by atoms with Crippen molar-refractivity contribution in [1.29, 1.82) is 0 Å². The Balaban J connectivity index is 2.68. The van der Waals surface area contributed by atoms with E-state index in [1.165, 1.54) is 0 Å². The second-order valence-corrected chi connectivity index (χ2v) is 4.65. The molecule has 1 atom stereocenters. The lowest BCUT2D eigenvalue weighted by Gasteiger charge is -2.14. The minimum Gasteiger partial charge on any atom is -0.494 e. The monoisotopic (exact) mass is 265 g/mol. The van der Waals surface area contributed by atoms with Crippen LogP contribution in [0.3, 0.4) is 0 Å². The van der Waals surface area contributed by atoms with Crippen LogP contribution in [0, 0.1) is 6.92 Å². The summed E-state index contributed by atoms with van der Waals surface area (Å²) in [5.41, 5.74) is 1.62. The lowest BCUT2D eigenvalue weighted by atomic mass is 10.1. The first-order valence-corrected chi connectivity index (χ1v) is 6.73. The molecule has 0 saturated carbocycles. The van der Waals surface area contributed by atoms with Crippen molar-refractivity contribution >= 4 is 5.91 Å². The minimum absolute atomic E-state index is 0.0523. The van der Waals surface area contributed by atoms with Gasteiger partial charge in [0, 0.05) is 18.2 Å². The average Bonchev–Trinajstić information content (AvgIpc) is 2.39. The van der Waals surface area contributed by atoms with Crippen LogP contribution in [0.25, 0.3) is 0 Å². The normalized spacial score (nSPS) is 12.0. The van der Waals surface area contributed by atoms with Gasteiger partial charge in [0.25, 0.3) is 5.91 Å². The Labute approximate surface area is 114 Å². The van der Waals surface area contributed by atoms with Gasteiger partial charge in [0.1, 0.15) is 5.75 Å². The zero-order valence-corrected chi connectivity index (χ0v) is 11.9. The van der Waals surface area contributed by atoms with E-state index in [1.54, 1.807) is 12.1 Å². The van der Waals surface area contributed by atoms with E-state index in [4.69, 9.17) is 9.84 Å². The molecule has 0 aliphatic heterocycles. The van der Waals surface area contributed by atoms with Gasteiger partial charge in [0.05, 0.1) is 6.61 Å². The molecule has 0 saturated heterocycles. The molecule has 1 aromatic carbocycles. The maximum Gasteiger partial charge on any atom is 0.251 e. The molecule has 0 spiro atoms. The molecule has 1 amide bonds. The Kier molecular flexibility index (Phi) is 6.36. The number of amides is 1. The summed E-state index contributed by atoms with van der Waals surface area (Å²) >= 11 is 0. The summed E-state index contributed by atoms with van der Waals surface area (Å²) in [5, 5.41) is 11.7. The molecule has 106 valence electrons. The van der Waals surface area contributed by atoms with Gasteiger partial charge in [0.15, 0.2) is 0 Å². The maximum absolute atomic E-state index is 12.1. The number of ether oxygens (including phenoxy) is 1. The highest BCUT2D eigenvalue weighted by molar-refractivity contribution is 5.94. The molecule has 1 rings (SSSR count). The van der Waals surface area contributed by atoms with Crippen LogP contribution >= 0.6 is 0 Å². The van der Waals surface area contributed by atoms with E-state index in [0.717, 1.165) is 17.7 Å². The van der Waals surface area contributed by atoms with Gasteiger partial charge in [-0.15, -0.1) is 0 Å². The van der Waals surface area contributed by atoms with Crippen LogP contribution in [-0.4, -0.2) is 30.3 Å². The molecule has 0 heterocycles. The zero-order chi connectivity index (χ0) is 14.3. The molecule has 4 heteroatoms. The molecule has 0 bridgehead atoms. The van der Waals surface area contributed by atoms with Gasteiger partial charge in [0.2, 0.25) is 0 Å². The minimum atomic E-state index is -0.105. The lowest BCUT2D eigenvalue weighted by Crippen LogP contribution is -2.32. The Morgan fingerprint density at radius 2 is 2.21 bits per heavy atom. The molecule has 19 heavy (non-hydrogen) atoms. The predicted molar refractivity (Wildman–Crippen MR) is 75.6 cm³/mol. The van der Waals surface area contributed by atoms with Crippen molar-refractivity contribution in [1.82, 2.24) is 5.32 Å². The van der Waals surface area contributed by atoms with Crippen molar-refractivity contribution in [2.24, 2.45) is 0 Å². The van der Waals surface area contributed by atoms with Crippen molar-refractivity contribution in [3.05, 3.63) is 29.3 Å². The molecule has 1 unspecified atom stereocenters. The number of aryl methyl sites for hydroxylation is 1. The van der Waals surface area contributed by atoms with Gasteiger partial charge in [-0.05, 0) is 51.3 Å². The number of hydrogen-bond acceptors (Lipinski definition) is 3. The molecular weight excluding hydrogens is 242 g/mol. The third kappa shape index (κ3) is 4.91. The molecule has 2 N–H and O–H groups in total. The highest BCUT2D eigenvalue weighted by Crippen LogP contribution is 2.19. The SMILES string of the molecule is CCOc1cc(C(=O)NC(C)CCCO)ccc1C. The molecule has 0 aliphatic carbocycles. The first-order chi connectivity index (χ1) is 9.08. The number of aliphatic hydroxyl groups excluding tert-OH is 1. The van der Waals surface area contributed by atoms with E-state index in [1.807, 2.05) is 26.8 Å². The fraction of sp³-hybridized carbons (Fsp3) is 0.533. The fourth-order valence-electron chi connectivity index (χ4n) is 1.83. The Hall–Kier alpha value is -1.55. The predicted octanol–water partition coefficient (Wildman–Crippen LogP) is 2.28. The molecule has 0 fully saturated rings. The van der Waals surface area contributed by atoms with E-state index in [0.29, 0.717) is 18.6 Å². The summed E-state index contributed by atoms with van der Waals surface area (Å²) in [6.45, 7) is 6.54. The van der Waals surface area contributed by atoms with Crippen LogP contribution in [0.1, 0.15) is 42.6 Å². The van der Waals surface area contributed by atoms with Gasteiger partial charge in [-0.1, -0.05) is 6.07 Å². The van der Waals surface area contributed by atoms with E-state index in [-0.39, 0.29) is 18.6 Å². The first kappa shape index (κ1) is 15.5. The number of rotatable bonds is 7. The molecule has 1 aromatic rings. The lowest BCUT2D eigenvalue weighted by molar-refractivity contribution is 0.0936. The maximum atomic E-state index is 12.1. The van der Waals surface area contributed by atoms with Crippen molar-refractivity contribution < 1.29 is 14.6 Å². The number of benzene rings is 1. The third-order valence-corrected chi connectivity index (χ3v) is 2.92. The zero-order valence-electron chi connectivity index (χ0n) is 11.9. The van der Waals surface area contributed by atoms with Crippen LogP contribution in [0.2, 0.25) is 0 Å². The average molecular weight is 265 g/mol. The highest BCUT2D eigenvalue weighted by Gasteiger charge is 2.11. The van der Waals surface area contributed by atoms with Gasteiger partial charge in [-0.25, -0.2) is 0 Å². The van der Waals surface area contributed by atoms with Gasteiger partial charge in [-0.3, -0.25) is 4.79 Å². The number of carbonyl (C=O) groups is 1. The fourth-order valence-corrected chi connectivity index (χ4v) is 1.83. The summed E-state index contributed by atoms with van der Waals surface area (Å²) in [7, 11) is 0. The molecule has 0 aromatic heterocycles. The number of carbonyl (C=O) groups excluding carboxylic acids is 1. The third-order valence-electron chi connectivity index (χ3n) is 2.92. The number of nitrogens with one attached hydrogen (secondary N) is 1. The van der Waals surface area contributed by atoms with E-state index < -0.39 is 0 Å². The summed E-state index contributed by atoms with van der Waals surface area (Å²) < 4.78 is 5.48. The highest BCUT2D eigenvalue weighted by atomic mass is 16.5. The van der Waals surface area contributed by atoms with Crippen LogP contribution in [0.5, 0.6) is 5.75 Å². The first-order valence-electron chi connectivity index (χ1n) is 6.73. The Morgan fingerprint density at radius 3 is 2.84 bits per heavy atom. The molecule has 0 radical (unpaired) electrons. The van der Waals surface area contributed by atoms with E-state index in [9.17, 15) is 4.79 Å². The molecular formula is C15H23NO3. The summed E-state index contributed by atoms with van der Waals surface area (Å²) in [5.74, 6) is 0.643. The largest absolute Gasteiger partial charge is 0.494 e. The summed E-state index contributed by atoms with van der Waals surface area (Å²) in [4.78, 5) is 12.1. The van der Waals surface area contributed by atoms with Crippen LogP contribution < -0.4 is 10.1 Å². The van der Waals surface area contributed by atoms with Crippen molar-refractivity contribution in [2.45, 2.75) is 39.7 Å². The van der Waals surface area contributed by atoms with E-state index >= 15 is 0 Å². The van der Waals surface area contributed by atoms with Crippen LogP contribution in [-0.2, 0) is 0 Å². The standard InChI is InChI=1S/C15H23NO3/c1-4-19-14-10-13(8-7-11(14)2)15(18)16-12(3)6-5-9-17/h7-8,10,12,17H,4-6,9H2,1-3H3,(H,16,18). The van der Waals surface area contributed by atoms with Crippen molar-refractivity contribution in [3.8, 4) is 5.75 Å². The van der Waals surface area contributed by atoms with Crippen LogP contribution in [0.15, 0.2) is 18.2 Å². The molecule has 0 aliphatic rings. The smallest absolute Gasteiger partial charge is 0.251 e. The number of hydrogen-bond donors (Lipinski definition) is 2. The van der Waals surface area contributed by atoms with Crippen molar-refractivity contribution in [3.63, 3.8) is 0 Å². The quantitative estimate of drug-likeness (QED) is 0.795. The number of aliphatic hydroxyl groups is 1.